The molecule has 0 bridgehead atoms. The van der Waals surface area contributed by atoms with Gasteiger partial charge in [0, 0.05) is 10.6 Å². The van der Waals surface area contributed by atoms with Crippen molar-refractivity contribution in [3.8, 4) is 23.0 Å². The summed E-state index contributed by atoms with van der Waals surface area (Å²) in [5.41, 5.74) is 0.613. The molecule has 2 aromatic rings. The predicted molar refractivity (Wildman–Crippen MR) is 122 cm³/mol. The molecule has 0 aliphatic heterocycles. The van der Waals surface area contributed by atoms with Crippen molar-refractivity contribution < 1.29 is 33.6 Å². The zero-order chi connectivity index (χ0) is 24.0. The van der Waals surface area contributed by atoms with Crippen molar-refractivity contribution in [2.45, 2.75) is 39.9 Å². The standard InChI is InChI=1S/C24H27ClO7/c1-13(2)31-22-15(7-10-18(26)17-9-8-16(25)12-19(17)27)11-20(29-5)21(23(22)30-6)24(28)32-14(3)4/h7-14,27H,1-6H3/b10-7+. The number of ketones is 1. The summed E-state index contributed by atoms with van der Waals surface area (Å²) in [6.45, 7) is 7.11. The van der Waals surface area contributed by atoms with Crippen molar-refractivity contribution in [2.24, 2.45) is 0 Å². The number of ether oxygens (including phenoxy) is 4. The normalized spacial score (nSPS) is 11.2. The van der Waals surface area contributed by atoms with Crippen molar-refractivity contribution in [1.29, 1.82) is 0 Å². The number of esters is 1. The zero-order valence-corrected chi connectivity index (χ0v) is 19.6. The number of methoxy groups -OCH3 is 2. The first-order valence-corrected chi connectivity index (χ1v) is 10.3. The van der Waals surface area contributed by atoms with Gasteiger partial charge in [-0.1, -0.05) is 11.6 Å². The summed E-state index contributed by atoms with van der Waals surface area (Å²) in [7, 11) is 2.81. The van der Waals surface area contributed by atoms with Crippen LogP contribution in [0.2, 0.25) is 5.02 Å². The van der Waals surface area contributed by atoms with Crippen LogP contribution in [0.15, 0.2) is 30.3 Å². The van der Waals surface area contributed by atoms with Crippen LogP contribution in [0, 0.1) is 0 Å². The van der Waals surface area contributed by atoms with E-state index in [4.69, 9.17) is 30.5 Å². The smallest absolute Gasteiger partial charge is 0.346 e. The lowest BCUT2D eigenvalue weighted by Gasteiger charge is -2.21. The first-order valence-electron chi connectivity index (χ1n) is 9.96. The SMILES string of the molecule is COc1cc(/C=C/C(=O)c2ccc(Cl)cc2O)c(OC(C)C)c(OC)c1C(=O)OC(C)C. The summed E-state index contributed by atoms with van der Waals surface area (Å²) >= 11 is 5.83. The van der Waals surface area contributed by atoms with Crippen molar-refractivity contribution >= 4 is 29.4 Å². The Morgan fingerprint density at radius 3 is 2.22 bits per heavy atom. The van der Waals surface area contributed by atoms with Gasteiger partial charge in [-0.25, -0.2) is 4.79 Å². The minimum atomic E-state index is -0.625. The van der Waals surface area contributed by atoms with Crippen LogP contribution in [0.1, 0.15) is 54.0 Å². The fourth-order valence-electron chi connectivity index (χ4n) is 2.91. The van der Waals surface area contributed by atoms with Crippen LogP contribution in [0.5, 0.6) is 23.0 Å². The predicted octanol–water partition coefficient (Wildman–Crippen LogP) is 5.31. The third-order valence-electron chi connectivity index (χ3n) is 4.19. The summed E-state index contributed by atoms with van der Waals surface area (Å²) in [6, 6.07) is 5.79. The van der Waals surface area contributed by atoms with Crippen LogP contribution < -0.4 is 14.2 Å². The number of hydrogen-bond donors (Lipinski definition) is 1. The maximum absolute atomic E-state index is 12.7. The van der Waals surface area contributed by atoms with Crippen LogP contribution >= 0.6 is 11.6 Å². The van der Waals surface area contributed by atoms with Gasteiger partial charge in [-0.3, -0.25) is 4.79 Å². The first kappa shape index (κ1) is 25.1. The second-order valence-corrected chi connectivity index (χ2v) is 7.82. The fraction of sp³-hybridized carbons (Fsp3) is 0.333. The Balaban J connectivity index is 2.61. The number of hydrogen-bond acceptors (Lipinski definition) is 7. The Labute approximate surface area is 192 Å². The van der Waals surface area contributed by atoms with Crippen molar-refractivity contribution in [3.63, 3.8) is 0 Å². The largest absolute Gasteiger partial charge is 0.507 e. The molecular weight excluding hydrogens is 436 g/mol. The zero-order valence-electron chi connectivity index (χ0n) is 18.9. The summed E-state index contributed by atoms with van der Waals surface area (Å²) in [4.78, 5) is 25.4. The Hall–Kier alpha value is -3.19. The van der Waals surface area contributed by atoms with Gasteiger partial charge >= 0.3 is 5.97 Å². The van der Waals surface area contributed by atoms with E-state index in [9.17, 15) is 14.7 Å². The molecule has 32 heavy (non-hydrogen) atoms. The molecule has 0 heterocycles. The third-order valence-corrected chi connectivity index (χ3v) is 4.43. The number of aromatic hydroxyl groups is 1. The Morgan fingerprint density at radius 1 is 1.00 bits per heavy atom. The molecule has 0 aromatic heterocycles. The highest BCUT2D eigenvalue weighted by molar-refractivity contribution is 6.31. The van der Waals surface area contributed by atoms with E-state index in [2.05, 4.69) is 0 Å². The fourth-order valence-corrected chi connectivity index (χ4v) is 3.07. The maximum atomic E-state index is 12.7. The van der Waals surface area contributed by atoms with Gasteiger partial charge in [0.2, 0.25) is 0 Å². The molecule has 0 unspecified atom stereocenters. The molecule has 0 fully saturated rings. The average molecular weight is 463 g/mol. The molecular formula is C24H27ClO7. The molecule has 0 saturated heterocycles. The number of allylic oxidation sites excluding steroid dienone is 1. The highest BCUT2D eigenvalue weighted by atomic mass is 35.5. The van der Waals surface area contributed by atoms with Crippen molar-refractivity contribution in [2.75, 3.05) is 14.2 Å². The minimum Gasteiger partial charge on any atom is -0.507 e. The average Bonchev–Trinajstić information content (AvgIpc) is 2.70. The van der Waals surface area contributed by atoms with E-state index in [1.807, 2.05) is 13.8 Å². The Kier molecular flexibility index (Phi) is 8.55. The van der Waals surface area contributed by atoms with Gasteiger partial charge in [0.1, 0.15) is 17.1 Å². The van der Waals surface area contributed by atoms with E-state index < -0.39 is 11.8 Å². The lowest BCUT2D eigenvalue weighted by molar-refractivity contribution is 0.0369. The number of phenols is 1. The van der Waals surface area contributed by atoms with E-state index in [-0.39, 0.29) is 46.3 Å². The summed E-state index contributed by atoms with van der Waals surface area (Å²) in [5.74, 6) is -0.720. The molecule has 2 aromatic carbocycles. The molecule has 7 nitrogen and oxygen atoms in total. The molecule has 0 atom stereocenters. The summed E-state index contributed by atoms with van der Waals surface area (Å²) < 4.78 is 22.2. The number of phenolic OH excluding ortho intramolecular Hbond substituents is 1. The van der Waals surface area contributed by atoms with Gasteiger partial charge < -0.3 is 24.1 Å². The number of carbonyl (C=O) groups is 2. The van der Waals surface area contributed by atoms with E-state index in [1.165, 1.54) is 44.6 Å². The first-order chi connectivity index (χ1) is 15.1. The van der Waals surface area contributed by atoms with Gasteiger partial charge in [0.25, 0.3) is 0 Å². The minimum absolute atomic E-state index is 0.0816. The van der Waals surface area contributed by atoms with Crippen molar-refractivity contribution in [3.05, 3.63) is 52.1 Å². The molecule has 2 rings (SSSR count). The van der Waals surface area contributed by atoms with Gasteiger partial charge in [0.05, 0.1) is 32.0 Å². The molecule has 0 saturated carbocycles. The molecule has 0 aliphatic carbocycles. The lowest BCUT2D eigenvalue weighted by Crippen LogP contribution is -2.16. The molecule has 0 aliphatic rings. The van der Waals surface area contributed by atoms with E-state index >= 15 is 0 Å². The van der Waals surface area contributed by atoms with E-state index in [0.29, 0.717) is 10.6 Å². The second-order valence-electron chi connectivity index (χ2n) is 7.39. The van der Waals surface area contributed by atoms with Crippen LogP contribution in [-0.2, 0) is 4.74 Å². The van der Waals surface area contributed by atoms with Crippen LogP contribution in [-0.4, -0.2) is 43.3 Å². The molecule has 8 heteroatoms. The number of carbonyl (C=O) groups excluding carboxylic acids is 2. The van der Waals surface area contributed by atoms with Crippen molar-refractivity contribution in [1.82, 2.24) is 0 Å². The number of rotatable bonds is 9. The van der Waals surface area contributed by atoms with Crippen LogP contribution in [0.3, 0.4) is 0 Å². The maximum Gasteiger partial charge on any atom is 0.346 e. The van der Waals surface area contributed by atoms with Gasteiger partial charge in [-0.2, -0.15) is 0 Å². The topological polar surface area (TPSA) is 91.3 Å². The quantitative estimate of drug-likeness (QED) is 0.306. The third kappa shape index (κ3) is 5.95. The summed E-state index contributed by atoms with van der Waals surface area (Å²) in [5, 5.41) is 10.3. The van der Waals surface area contributed by atoms with Gasteiger partial charge in [-0.05, 0) is 64.1 Å². The number of halogens is 1. The Morgan fingerprint density at radius 2 is 1.69 bits per heavy atom. The molecule has 1 N–H and O–H groups in total. The Bertz CT molecular complexity index is 1030. The van der Waals surface area contributed by atoms with Gasteiger partial charge in [-0.15, -0.1) is 0 Å². The van der Waals surface area contributed by atoms with Crippen LogP contribution in [0.25, 0.3) is 6.08 Å². The highest BCUT2D eigenvalue weighted by Crippen LogP contribution is 2.42. The number of benzene rings is 2. The van der Waals surface area contributed by atoms with E-state index in [1.54, 1.807) is 19.9 Å². The van der Waals surface area contributed by atoms with E-state index in [0.717, 1.165) is 0 Å². The highest BCUT2D eigenvalue weighted by Gasteiger charge is 2.27. The lowest BCUT2D eigenvalue weighted by atomic mass is 10.0. The molecule has 0 amide bonds. The molecule has 172 valence electrons. The second kappa shape index (κ2) is 10.9. The van der Waals surface area contributed by atoms with Gasteiger partial charge in [0.15, 0.2) is 17.3 Å². The molecule has 0 radical (unpaired) electrons. The summed E-state index contributed by atoms with van der Waals surface area (Å²) in [6.07, 6.45) is 2.16. The van der Waals surface area contributed by atoms with Crippen LogP contribution in [0.4, 0.5) is 0 Å². The monoisotopic (exact) mass is 462 g/mol. The molecule has 0 spiro atoms.